The van der Waals surface area contributed by atoms with Crippen LogP contribution in [0.3, 0.4) is 0 Å². The number of rotatable bonds is 7. The van der Waals surface area contributed by atoms with E-state index in [4.69, 9.17) is 9.57 Å². The molecule has 0 fully saturated rings. The summed E-state index contributed by atoms with van der Waals surface area (Å²) in [7, 11) is 1.54. The Morgan fingerprint density at radius 1 is 1.29 bits per heavy atom. The second kappa shape index (κ2) is 8.46. The van der Waals surface area contributed by atoms with Gasteiger partial charge in [0.05, 0.1) is 13.2 Å². The van der Waals surface area contributed by atoms with Gasteiger partial charge in [-0.05, 0) is 0 Å². The van der Waals surface area contributed by atoms with Crippen molar-refractivity contribution in [2.75, 3.05) is 26.9 Å². The molecule has 0 radical (unpaired) electrons. The molecule has 0 saturated heterocycles. The first kappa shape index (κ1) is 12.9. The normalized spacial score (nSPS) is 9.57. The second-order valence-corrected chi connectivity index (χ2v) is 2.60. The quantitative estimate of drug-likeness (QED) is 0.421. The van der Waals surface area contributed by atoms with E-state index in [9.17, 15) is 9.59 Å². The van der Waals surface area contributed by atoms with E-state index in [1.165, 1.54) is 6.92 Å². The van der Waals surface area contributed by atoms with E-state index >= 15 is 0 Å². The molecular weight excluding hydrogens is 188 g/mol. The van der Waals surface area contributed by atoms with Gasteiger partial charge in [0.15, 0.2) is 0 Å². The van der Waals surface area contributed by atoms with Crippen molar-refractivity contribution in [1.82, 2.24) is 10.8 Å². The summed E-state index contributed by atoms with van der Waals surface area (Å²) in [5.41, 5.74) is 2.22. The van der Waals surface area contributed by atoms with Crippen LogP contribution in [0, 0.1) is 0 Å². The zero-order valence-corrected chi connectivity index (χ0v) is 8.46. The van der Waals surface area contributed by atoms with Crippen LogP contribution in [0.15, 0.2) is 0 Å². The first-order valence-corrected chi connectivity index (χ1v) is 4.31. The molecule has 0 unspecified atom stereocenters. The van der Waals surface area contributed by atoms with Crippen LogP contribution in [-0.4, -0.2) is 38.7 Å². The van der Waals surface area contributed by atoms with E-state index < -0.39 is 0 Å². The summed E-state index contributed by atoms with van der Waals surface area (Å²) in [4.78, 5) is 26.1. The molecule has 0 aromatic carbocycles. The van der Waals surface area contributed by atoms with Crippen molar-refractivity contribution in [3.8, 4) is 0 Å². The first-order valence-electron chi connectivity index (χ1n) is 4.31. The molecule has 14 heavy (non-hydrogen) atoms. The predicted octanol–water partition coefficient (Wildman–Crippen LogP) is -0.793. The van der Waals surface area contributed by atoms with Crippen LogP contribution in [0.4, 0.5) is 0 Å². The van der Waals surface area contributed by atoms with E-state index in [1.54, 1.807) is 7.11 Å². The lowest BCUT2D eigenvalue weighted by Crippen LogP contribution is -2.30. The van der Waals surface area contributed by atoms with E-state index in [2.05, 4.69) is 10.8 Å². The van der Waals surface area contributed by atoms with Gasteiger partial charge in [-0.1, -0.05) is 0 Å². The monoisotopic (exact) mass is 204 g/mol. The number of ether oxygens (including phenoxy) is 1. The highest BCUT2D eigenvalue weighted by Crippen LogP contribution is 1.78. The van der Waals surface area contributed by atoms with Gasteiger partial charge in [0.1, 0.15) is 0 Å². The summed E-state index contributed by atoms with van der Waals surface area (Å²) in [5, 5.41) is 2.50. The lowest BCUT2D eigenvalue weighted by Gasteiger charge is -2.05. The Morgan fingerprint density at radius 2 is 2.00 bits per heavy atom. The average molecular weight is 204 g/mol. The highest BCUT2D eigenvalue weighted by atomic mass is 16.7. The largest absolute Gasteiger partial charge is 0.382 e. The molecule has 0 rings (SSSR count). The van der Waals surface area contributed by atoms with E-state index in [0.29, 0.717) is 19.8 Å². The number of carbonyl (C=O) groups is 2. The summed E-state index contributed by atoms with van der Waals surface area (Å²) in [6.07, 6.45) is 0.201. The van der Waals surface area contributed by atoms with Crippen molar-refractivity contribution >= 4 is 11.8 Å². The number of carbonyl (C=O) groups excluding carboxylic acids is 2. The van der Waals surface area contributed by atoms with Crippen LogP contribution in [0.2, 0.25) is 0 Å². The van der Waals surface area contributed by atoms with E-state index in [0.717, 1.165) is 0 Å². The minimum absolute atomic E-state index is 0.155. The summed E-state index contributed by atoms with van der Waals surface area (Å²) in [6, 6.07) is 0. The molecule has 82 valence electrons. The highest BCUT2D eigenvalue weighted by molar-refractivity contribution is 5.77. The predicted molar refractivity (Wildman–Crippen MR) is 49.3 cm³/mol. The van der Waals surface area contributed by atoms with Gasteiger partial charge < -0.3 is 10.1 Å². The fourth-order valence-corrected chi connectivity index (χ4v) is 0.660. The molecular formula is C8H16N2O4. The van der Waals surface area contributed by atoms with Crippen molar-refractivity contribution in [2.24, 2.45) is 0 Å². The number of nitrogens with one attached hydrogen (secondary N) is 2. The van der Waals surface area contributed by atoms with Gasteiger partial charge in [0, 0.05) is 27.0 Å². The van der Waals surface area contributed by atoms with Crippen molar-refractivity contribution in [3.05, 3.63) is 0 Å². The number of hydrogen-bond acceptors (Lipinski definition) is 4. The molecule has 0 aromatic rings. The molecule has 0 spiro atoms. The molecule has 6 nitrogen and oxygen atoms in total. The molecule has 2 N–H and O–H groups in total. The van der Waals surface area contributed by atoms with Gasteiger partial charge in [0.25, 0.3) is 0 Å². The molecule has 2 amide bonds. The molecule has 0 saturated carbocycles. The van der Waals surface area contributed by atoms with Crippen LogP contribution >= 0.6 is 0 Å². The van der Waals surface area contributed by atoms with Gasteiger partial charge in [-0.2, -0.15) is 0 Å². The standard InChI is InChI=1S/C8H16N2O4/c1-7(11)9-4-3-8(12)10-14-6-5-13-2/h3-6H2,1-2H3,(H,9,11)(H,10,12). The average Bonchev–Trinajstić information content (AvgIpc) is 2.12. The van der Waals surface area contributed by atoms with Gasteiger partial charge in [-0.15, -0.1) is 0 Å². The van der Waals surface area contributed by atoms with E-state index in [-0.39, 0.29) is 18.2 Å². The van der Waals surface area contributed by atoms with E-state index in [1.807, 2.05) is 0 Å². The molecule has 0 heterocycles. The second-order valence-electron chi connectivity index (χ2n) is 2.60. The zero-order chi connectivity index (χ0) is 10.8. The fourth-order valence-electron chi connectivity index (χ4n) is 0.660. The summed E-state index contributed by atoms with van der Waals surface area (Å²) >= 11 is 0. The Balaban J connectivity index is 3.24. The van der Waals surface area contributed by atoms with Gasteiger partial charge in [-0.25, -0.2) is 5.48 Å². The molecule has 0 aliphatic carbocycles. The number of amides is 2. The Hall–Kier alpha value is -1.14. The van der Waals surface area contributed by atoms with Crippen LogP contribution in [0.5, 0.6) is 0 Å². The number of hydroxylamine groups is 1. The molecule has 6 heteroatoms. The minimum atomic E-state index is -0.269. The molecule has 0 aliphatic heterocycles. The summed E-state index contributed by atoms with van der Waals surface area (Å²) < 4.78 is 4.70. The number of hydrogen-bond donors (Lipinski definition) is 2. The van der Waals surface area contributed by atoms with Crippen LogP contribution in [0.1, 0.15) is 13.3 Å². The maximum atomic E-state index is 11.0. The van der Waals surface area contributed by atoms with Crippen molar-refractivity contribution in [2.45, 2.75) is 13.3 Å². The third-order valence-corrected chi connectivity index (χ3v) is 1.30. The van der Waals surface area contributed by atoms with Gasteiger partial charge >= 0.3 is 0 Å². The number of methoxy groups -OCH3 is 1. The van der Waals surface area contributed by atoms with Crippen LogP contribution < -0.4 is 10.8 Å². The van der Waals surface area contributed by atoms with Gasteiger partial charge in [-0.3, -0.25) is 14.4 Å². The summed E-state index contributed by atoms with van der Waals surface area (Å²) in [5.74, 6) is -0.423. The first-order chi connectivity index (χ1) is 6.66. The Morgan fingerprint density at radius 3 is 2.57 bits per heavy atom. The van der Waals surface area contributed by atoms with Crippen LogP contribution in [0.25, 0.3) is 0 Å². The smallest absolute Gasteiger partial charge is 0.245 e. The Bertz CT molecular complexity index is 184. The van der Waals surface area contributed by atoms with Crippen LogP contribution in [-0.2, 0) is 19.2 Å². The lowest BCUT2D eigenvalue weighted by atomic mass is 10.4. The van der Waals surface area contributed by atoms with Crippen molar-refractivity contribution in [1.29, 1.82) is 0 Å². The Labute approximate surface area is 82.9 Å². The highest BCUT2D eigenvalue weighted by Gasteiger charge is 2.00. The SMILES string of the molecule is COCCONC(=O)CCNC(C)=O. The van der Waals surface area contributed by atoms with Gasteiger partial charge in [0.2, 0.25) is 11.8 Å². The van der Waals surface area contributed by atoms with Crippen molar-refractivity contribution in [3.63, 3.8) is 0 Å². The maximum absolute atomic E-state index is 11.0. The zero-order valence-electron chi connectivity index (χ0n) is 8.46. The minimum Gasteiger partial charge on any atom is -0.382 e. The third-order valence-electron chi connectivity index (χ3n) is 1.30. The lowest BCUT2D eigenvalue weighted by molar-refractivity contribution is -0.134. The third kappa shape index (κ3) is 8.95. The molecule has 0 bridgehead atoms. The Kier molecular flexibility index (Phi) is 7.77. The maximum Gasteiger partial charge on any atom is 0.245 e. The summed E-state index contributed by atoms with van der Waals surface area (Å²) in [6.45, 7) is 2.44. The molecule has 0 atom stereocenters. The molecule has 0 aliphatic rings. The molecule has 0 aromatic heterocycles. The van der Waals surface area contributed by atoms with Crippen molar-refractivity contribution < 1.29 is 19.2 Å². The topological polar surface area (TPSA) is 76.7 Å². The fraction of sp³-hybridized carbons (Fsp3) is 0.750.